The van der Waals surface area contributed by atoms with Gasteiger partial charge in [0, 0.05) is 36.2 Å². The molecule has 4 aromatic heterocycles. The Hall–Kier alpha value is -4.21. The van der Waals surface area contributed by atoms with Gasteiger partial charge in [-0.2, -0.15) is 5.26 Å². The Kier molecular flexibility index (Phi) is 7.00. The normalized spacial score (nSPS) is 15.1. The summed E-state index contributed by atoms with van der Waals surface area (Å²) in [4.78, 5) is 21.4. The average Bonchev–Trinajstić information content (AvgIpc) is 3.71. The molecule has 0 bridgehead atoms. The van der Waals surface area contributed by atoms with Crippen molar-refractivity contribution in [3.63, 3.8) is 0 Å². The standard InChI is InChI=1S/C28H25FN8OS2/c1-3-21-27(35(4-2)28-34-26(23(14-30)39-28)18-6-9-20(29)10-7-18)36-17-19(8-11-24(36)33-21)22-15-32-25(16-31-22)37-12-5-13-40(37)38/h6-11,15-17H,3-5,12-13H2,1-2H3. The number of pyridine rings is 1. The Labute approximate surface area is 237 Å². The SMILES string of the molecule is CCc1nc2ccc(-c3cnc(N4CCCS4=O)cn3)cn2c1N(CC)c1nc(-c2ccc(F)cc2)c(C#N)s1. The zero-order valence-corrected chi connectivity index (χ0v) is 23.5. The van der Waals surface area contributed by atoms with Gasteiger partial charge in [-0.05, 0) is 56.2 Å². The number of nitriles is 1. The summed E-state index contributed by atoms with van der Waals surface area (Å²) in [6.45, 7) is 5.39. The predicted octanol–water partition coefficient (Wildman–Crippen LogP) is 5.52. The van der Waals surface area contributed by atoms with Gasteiger partial charge in [0.15, 0.2) is 10.9 Å². The number of halogens is 1. The third-order valence-corrected chi connectivity index (χ3v) is 9.23. The van der Waals surface area contributed by atoms with Crippen LogP contribution in [-0.2, 0) is 17.4 Å². The lowest BCUT2D eigenvalue weighted by Gasteiger charge is -2.21. The van der Waals surface area contributed by atoms with E-state index in [1.54, 1.807) is 28.8 Å². The van der Waals surface area contributed by atoms with Gasteiger partial charge in [-0.3, -0.25) is 13.7 Å². The van der Waals surface area contributed by atoms with Crippen molar-refractivity contribution in [2.75, 3.05) is 28.0 Å². The largest absolute Gasteiger partial charge is 0.302 e. The number of nitrogens with zero attached hydrogens (tertiary/aromatic N) is 8. The molecule has 6 rings (SSSR count). The number of hydrogen-bond acceptors (Lipinski definition) is 8. The average molecular weight is 573 g/mol. The van der Waals surface area contributed by atoms with E-state index in [1.165, 1.54) is 23.5 Å². The van der Waals surface area contributed by atoms with Gasteiger partial charge in [0.25, 0.3) is 0 Å². The van der Waals surface area contributed by atoms with E-state index in [1.807, 2.05) is 29.7 Å². The number of rotatable bonds is 7. The van der Waals surface area contributed by atoms with Crippen molar-refractivity contribution in [3.05, 3.63) is 71.4 Å². The highest BCUT2D eigenvalue weighted by Gasteiger charge is 2.24. The molecule has 1 fully saturated rings. The smallest absolute Gasteiger partial charge is 0.192 e. The molecule has 0 aliphatic carbocycles. The summed E-state index contributed by atoms with van der Waals surface area (Å²) in [7, 11) is -1.05. The molecule has 1 aliphatic heterocycles. The fraction of sp³-hybridized carbons (Fsp3) is 0.250. The van der Waals surface area contributed by atoms with Crippen molar-refractivity contribution >= 4 is 44.7 Å². The van der Waals surface area contributed by atoms with Crippen LogP contribution >= 0.6 is 11.3 Å². The fourth-order valence-electron chi connectivity index (χ4n) is 4.80. The van der Waals surface area contributed by atoms with Gasteiger partial charge in [0.05, 0.1) is 23.8 Å². The third-order valence-electron chi connectivity index (χ3n) is 6.75. The highest BCUT2D eigenvalue weighted by Crippen LogP contribution is 2.38. The van der Waals surface area contributed by atoms with Gasteiger partial charge in [-0.1, -0.05) is 18.3 Å². The molecule has 0 N–H and O–H groups in total. The van der Waals surface area contributed by atoms with Crippen LogP contribution in [0.2, 0.25) is 0 Å². The summed E-state index contributed by atoms with van der Waals surface area (Å²) in [5.74, 6) is 1.79. The van der Waals surface area contributed by atoms with E-state index in [0.717, 1.165) is 29.1 Å². The summed E-state index contributed by atoms with van der Waals surface area (Å²) in [5.41, 5.74) is 4.44. The van der Waals surface area contributed by atoms with E-state index in [0.29, 0.717) is 58.0 Å². The maximum Gasteiger partial charge on any atom is 0.192 e. The van der Waals surface area contributed by atoms with Crippen molar-refractivity contribution in [3.8, 4) is 28.6 Å². The molecular weight excluding hydrogens is 547 g/mol. The van der Waals surface area contributed by atoms with Crippen molar-refractivity contribution < 1.29 is 8.60 Å². The van der Waals surface area contributed by atoms with Crippen LogP contribution in [0.3, 0.4) is 0 Å². The van der Waals surface area contributed by atoms with Crippen LogP contribution in [0, 0.1) is 17.1 Å². The fourth-order valence-corrected chi connectivity index (χ4v) is 6.98. The van der Waals surface area contributed by atoms with Crippen LogP contribution in [0.25, 0.3) is 28.2 Å². The van der Waals surface area contributed by atoms with E-state index in [9.17, 15) is 13.9 Å². The van der Waals surface area contributed by atoms with Crippen molar-refractivity contribution in [1.29, 1.82) is 5.26 Å². The maximum absolute atomic E-state index is 13.5. The Morgan fingerprint density at radius 2 is 1.90 bits per heavy atom. The second kappa shape index (κ2) is 10.7. The quantitative estimate of drug-likeness (QED) is 0.253. The molecule has 202 valence electrons. The molecular formula is C28H25FN8OS2. The van der Waals surface area contributed by atoms with E-state index in [-0.39, 0.29) is 5.82 Å². The van der Waals surface area contributed by atoms with Crippen LogP contribution in [0.4, 0.5) is 21.2 Å². The molecule has 1 unspecified atom stereocenters. The van der Waals surface area contributed by atoms with Gasteiger partial charge >= 0.3 is 0 Å². The molecule has 0 spiro atoms. The number of aryl methyl sites for hydroxylation is 1. The van der Waals surface area contributed by atoms with Gasteiger partial charge in [0.1, 0.15) is 44.9 Å². The molecule has 1 aliphatic rings. The lowest BCUT2D eigenvalue weighted by molar-refractivity contribution is 0.628. The molecule has 5 aromatic rings. The zero-order chi connectivity index (χ0) is 27.8. The van der Waals surface area contributed by atoms with Crippen LogP contribution in [0.1, 0.15) is 30.8 Å². The summed E-state index contributed by atoms with van der Waals surface area (Å²) in [5, 5.41) is 10.5. The van der Waals surface area contributed by atoms with E-state index < -0.39 is 11.0 Å². The summed E-state index contributed by atoms with van der Waals surface area (Å²) < 4.78 is 29.5. The first-order valence-corrected chi connectivity index (χ1v) is 15.0. The summed E-state index contributed by atoms with van der Waals surface area (Å²) >= 11 is 1.30. The molecule has 9 nitrogen and oxygen atoms in total. The molecule has 0 saturated carbocycles. The third kappa shape index (κ3) is 4.61. The van der Waals surface area contributed by atoms with Crippen LogP contribution in [0.15, 0.2) is 55.0 Å². The minimum Gasteiger partial charge on any atom is -0.302 e. The van der Waals surface area contributed by atoms with Crippen LogP contribution in [-0.4, -0.2) is 47.4 Å². The second-order valence-corrected chi connectivity index (χ2v) is 11.6. The molecule has 0 amide bonds. The zero-order valence-electron chi connectivity index (χ0n) is 21.9. The van der Waals surface area contributed by atoms with Crippen LogP contribution in [0.5, 0.6) is 0 Å². The summed E-state index contributed by atoms with van der Waals surface area (Å²) in [6, 6.07) is 12.2. The topological polar surface area (TPSA) is 103 Å². The van der Waals surface area contributed by atoms with Crippen LogP contribution < -0.4 is 9.21 Å². The number of anilines is 3. The maximum atomic E-state index is 13.5. The monoisotopic (exact) mass is 572 g/mol. The highest BCUT2D eigenvalue weighted by atomic mass is 32.2. The Morgan fingerprint density at radius 1 is 1.10 bits per heavy atom. The van der Waals surface area contributed by atoms with Gasteiger partial charge in [0.2, 0.25) is 0 Å². The minimum atomic E-state index is -1.05. The van der Waals surface area contributed by atoms with E-state index in [4.69, 9.17) is 9.97 Å². The molecule has 1 saturated heterocycles. The molecule has 5 heterocycles. The predicted molar refractivity (Wildman–Crippen MR) is 155 cm³/mol. The molecule has 1 atom stereocenters. The van der Waals surface area contributed by atoms with Gasteiger partial charge in [-0.15, -0.1) is 0 Å². The van der Waals surface area contributed by atoms with Crippen molar-refractivity contribution in [2.45, 2.75) is 26.7 Å². The Morgan fingerprint density at radius 3 is 2.55 bits per heavy atom. The lowest BCUT2D eigenvalue weighted by atomic mass is 10.1. The molecule has 0 radical (unpaired) electrons. The second-order valence-electron chi connectivity index (χ2n) is 9.16. The van der Waals surface area contributed by atoms with E-state index in [2.05, 4.69) is 27.9 Å². The van der Waals surface area contributed by atoms with Crippen molar-refractivity contribution in [2.24, 2.45) is 0 Å². The first kappa shape index (κ1) is 26.0. The molecule has 40 heavy (non-hydrogen) atoms. The number of fused-ring (bicyclic) bond motifs is 1. The first-order valence-electron chi connectivity index (χ1n) is 12.9. The summed E-state index contributed by atoms with van der Waals surface area (Å²) in [6.07, 6.45) is 6.94. The number of imidazole rings is 1. The molecule has 1 aromatic carbocycles. The highest BCUT2D eigenvalue weighted by molar-refractivity contribution is 7.86. The first-order chi connectivity index (χ1) is 19.5. The Balaban J connectivity index is 1.41. The van der Waals surface area contributed by atoms with Gasteiger partial charge in [-0.25, -0.2) is 23.6 Å². The lowest BCUT2D eigenvalue weighted by Crippen LogP contribution is -2.20. The number of benzene rings is 1. The van der Waals surface area contributed by atoms with Crippen molar-refractivity contribution in [1.82, 2.24) is 24.3 Å². The van der Waals surface area contributed by atoms with E-state index >= 15 is 0 Å². The minimum absolute atomic E-state index is 0.340. The number of aromatic nitrogens is 5. The number of hydrogen-bond donors (Lipinski definition) is 0. The molecule has 12 heteroatoms. The number of thiazole rings is 1. The van der Waals surface area contributed by atoms with Gasteiger partial charge < -0.3 is 4.90 Å². The Bertz CT molecular complexity index is 1760.